The van der Waals surface area contributed by atoms with E-state index in [2.05, 4.69) is 0 Å². The highest BCUT2D eigenvalue weighted by molar-refractivity contribution is 6.42. The normalized spacial score (nSPS) is 20.2. The summed E-state index contributed by atoms with van der Waals surface area (Å²) in [5, 5.41) is 0.878. The van der Waals surface area contributed by atoms with E-state index in [0.717, 1.165) is 19.4 Å². The van der Waals surface area contributed by atoms with Crippen LogP contribution >= 0.6 is 23.2 Å². The summed E-state index contributed by atoms with van der Waals surface area (Å²) in [6.45, 7) is 3.47. The first kappa shape index (κ1) is 16.4. The molecule has 2 unspecified atom stereocenters. The average molecular weight is 331 g/mol. The smallest absolute Gasteiger partial charge is 0.260 e. The second-order valence-electron chi connectivity index (χ2n) is 5.47. The highest BCUT2D eigenvalue weighted by Gasteiger charge is 2.25. The fourth-order valence-electron chi connectivity index (χ4n) is 2.47. The minimum Gasteiger partial charge on any atom is -0.484 e. The lowest BCUT2D eigenvalue weighted by atomic mass is 9.92. The van der Waals surface area contributed by atoms with E-state index in [1.54, 1.807) is 18.2 Å². The summed E-state index contributed by atoms with van der Waals surface area (Å²) in [4.78, 5) is 14.0. The van der Waals surface area contributed by atoms with Crippen LogP contribution in [0.2, 0.25) is 10.0 Å². The van der Waals surface area contributed by atoms with Crippen LogP contribution in [-0.4, -0.2) is 36.5 Å². The lowest BCUT2D eigenvalue weighted by Crippen LogP contribution is -2.46. The number of amides is 1. The molecule has 2 atom stereocenters. The third-order valence-electron chi connectivity index (χ3n) is 3.81. The van der Waals surface area contributed by atoms with Crippen LogP contribution in [0.3, 0.4) is 0 Å². The molecule has 1 fully saturated rings. The molecule has 21 heavy (non-hydrogen) atoms. The molecule has 4 nitrogen and oxygen atoms in total. The van der Waals surface area contributed by atoms with Crippen molar-refractivity contribution in [2.75, 3.05) is 19.7 Å². The van der Waals surface area contributed by atoms with Crippen LogP contribution in [0.25, 0.3) is 0 Å². The maximum atomic E-state index is 12.2. The first-order valence-electron chi connectivity index (χ1n) is 7.08. The highest BCUT2D eigenvalue weighted by Crippen LogP contribution is 2.26. The Kier molecular flexibility index (Phi) is 5.73. The fourth-order valence-corrected chi connectivity index (χ4v) is 2.76. The van der Waals surface area contributed by atoms with Crippen molar-refractivity contribution in [1.29, 1.82) is 0 Å². The number of ether oxygens (including phenoxy) is 1. The van der Waals surface area contributed by atoms with Gasteiger partial charge >= 0.3 is 0 Å². The van der Waals surface area contributed by atoms with Gasteiger partial charge in [-0.05, 0) is 37.8 Å². The molecule has 1 aliphatic heterocycles. The standard InChI is InChI=1S/C15H20Cl2N2O2/c1-10(18)11-3-2-6-19(8-11)15(20)9-21-12-4-5-13(16)14(17)7-12/h4-5,7,10-11H,2-3,6,8-9,18H2,1H3. The van der Waals surface area contributed by atoms with E-state index in [1.807, 2.05) is 11.8 Å². The van der Waals surface area contributed by atoms with E-state index in [1.165, 1.54) is 0 Å². The Balaban J connectivity index is 1.87. The quantitative estimate of drug-likeness (QED) is 0.923. The summed E-state index contributed by atoms with van der Waals surface area (Å²) in [6, 6.07) is 5.06. The van der Waals surface area contributed by atoms with E-state index < -0.39 is 0 Å². The molecule has 2 N–H and O–H groups in total. The molecular weight excluding hydrogens is 311 g/mol. The fraction of sp³-hybridized carbons (Fsp3) is 0.533. The molecule has 0 radical (unpaired) electrons. The number of hydrogen-bond acceptors (Lipinski definition) is 3. The zero-order valence-electron chi connectivity index (χ0n) is 12.0. The Morgan fingerprint density at radius 2 is 2.24 bits per heavy atom. The molecule has 2 rings (SSSR count). The molecule has 1 saturated heterocycles. The van der Waals surface area contributed by atoms with Gasteiger partial charge in [0.1, 0.15) is 5.75 Å². The van der Waals surface area contributed by atoms with Crippen LogP contribution in [0.5, 0.6) is 5.75 Å². The third-order valence-corrected chi connectivity index (χ3v) is 4.55. The van der Waals surface area contributed by atoms with Gasteiger partial charge in [0.15, 0.2) is 6.61 Å². The minimum atomic E-state index is -0.0218. The Bertz CT molecular complexity index is 508. The molecule has 6 heteroatoms. The predicted molar refractivity (Wildman–Crippen MR) is 84.9 cm³/mol. The van der Waals surface area contributed by atoms with Crippen LogP contribution in [0.15, 0.2) is 18.2 Å². The van der Waals surface area contributed by atoms with Crippen LogP contribution < -0.4 is 10.5 Å². The summed E-state index contributed by atoms with van der Waals surface area (Å²) < 4.78 is 5.49. The van der Waals surface area contributed by atoms with Gasteiger partial charge in [-0.3, -0.25) is 4.79 Å². The SMILES string of the molecule is CC(N)C1CCCN(C(=O)COc2ccc(Cl)c(Cl)c2)C1. The first-order valence-corrected chi connectivity index (χ1v) is 7.84. The molecule has 1 aliphatic rings. The first-order chi connectivity index (χ1) is 9.97. The Morgan fingerprint density at radius 3 is 2.90 bits per heavy atom. The van der Waals surface area contributed by atoms with Crippen LogP contribution in [0.1, 0.15) is 19.8 Å². The number of carbonyl (C=O) groups is 1. The number of halogens is 2. The second-order valence-corrected chi connectivity index (χ2v) is 6.28. The Labute approximate surface area is 135 Å². The molecule has 0 aliphatic carbocycles. The molecule has 0 spiro atoms. The van der Waals surface area contributed by atoms with Crippen molar-refractivity contribution in [3.05, 3.63) is 28.2 Å². The summed E-state index contributed by atoms with van der Waals surface area (Å²) in [5.41, 5.74) is 5.93. The second kappa shape index (κ2) is 7.34. The van der Waals surface area contributed by atoms with Gasteiger partial charge in [0.05, 0.1) is 10.0 Å². The summed E-state index contributed by atoms with van der Waals surface area (Å²) >= 11 is 11.7. The number of likely N-dealkylation sites (tertiary alicyclic amines) is 1. The van der Waals surface area contributed by atoms with E-state index in [4.69, 9.17) is 33.7 Å². The van der Waals surface area contributed by atoms with Crippen molar-refractivity contribution < 1.29 is 9.53 Å². The number of benzene rings is 1. The monoisotopic (exact) mass is 330 g/mol. The molecule has 0 saturated carbocycles. The lowest BCUT2D eigenvalue weighted by molar-refractivity contribution is -0.135. The van der Waals surface area contributed by atoms with Crippen molar-refractivity contribution in [3.8, 4) is 5.75 Å². The van der Waals surface area contributed by atoms with Crippen LogP contribution in [-0.2, 0) is 4.79 Å². The molecule has 1 aromatic rings. The van der Waals surface area contributed by atoms with Crippen LogP contribution in [0, 0.1) is 5.92 Å². The van der Waals surface area contributed by atoms with E-state index in [0.29, 0.717) is 28.3 Å². The number of rotatable bonds is 4. The van der Waals surface area contributed by atoms with Gasteiger partial charge in [0.2, 0.25) is 0 Å². The molecule has 1 heterocycles. The van der Waals surface area contributed by atoms with Crippen molar-refractivity contribution in [3.63, 3.8) is 0 Å². The van der Waals surface area contributed by atoms with Gasteiger partial charge in [-0.25, -0.2) is 0 Å². The molecule has 116 valence electrons. The Hall–Kier alpha value is -0.970. The van der Waals surface area contributed by atoms with Crippen molar-refractivity contribution in [2.24, 2.45) is 11.7 Å². The highest BCUT2D eigenvalue weighted by atomic mass is 35.5. The lowest BCUT2D eigenvalue weighted by Gasteiger charge is -2.34. The molecule has 0 bridgehead atoms. The zero-order chi connectivity index (χ0) is 15.4. The van der Waals surface area contributed by atoms with E-state index in [-0.39, 0.29) is 18.6 Å². The van der Waals surface area contributed by atoms with Crippen molar-refractivity contribution in [2.45, 2.75) is 25.8 Å². The van der Waals surface area contributed by atoms with Gasteiger partial charge in [-0.15, -0.1) is 0 Å². The summed E-state index contributed by atoms with van der Waals surface area (Å²) in [5.74, 6) is 0.887. The summed E-state index contributed by atoms with van der Waals surface area (Å²) in [6.07, 6.45) is 2.07. The maximum absolute atomic E-state index is 12.2. The van der Waals surface area contributed by atoms with Crippen molar-refractivity contribution >= 4 is 29.1 Å². The molecule has 1 amide bonds. The molecule has 1 aromatic carbocycles. The number of hydrogen-bond donors (Lipinski definition) is 1. The minimum absolute atomic E-state index is 0.00360. The van der Waals surface area contributed by atoms with Crippen molar-refractivity contribution in [1.82, 2.24) is 4.90 Å². The van der Waals surface area contributed by atoms with E-state index in [9.17, 15) is 4.79 Å². The number of nitrogens with zero attached hydrogens (tertiary/aromatic N) is 1. The topological polar surface area (TPSA) is 55.6 Å². The van der Waals surface area contributed by atoms with Crippen LogP contribution in [0.4, 0.5) is 0 Å². The largest absolute Gasteiger partial charge is 0.484 e. The Morgan fingerprint density at radius 1 is 1.48 bits per heavy atom. The zero-order valence-corrected chi connectivity index (χ0v) is 13.5. The maximum Gasteiger partial charge on any atom is 0.260 e. The van der Waals surface area contributed by atoms with Gasteiger partial charge in [0.25, 0.3) is 5.91 Å². The van der Waals surface area contributed by atoms with Gasteiger partial charge < -0.3 is 15.4 Å². The number of nitrogens with two attached hydrogens (primary N) is 1. The van der Waals surface area contributed by atoms with Gasteiger partial charge in [-0.2, -0.15) is 0 Å². The third kappa shape index (κ3) is 4.50. The number of piperidine rings is 1. The number of carbonyl (C=O) groups excluding carboxylic acids is 1. The summed E-state index contributed by atoms with van der Waals surface area (Å²) in [7, 11) is 0. The molecule has 0 aromatic heterocycles. The van der Waals surface area contributed by atoms with E-state index >= 15 is 0 Å². The average Bonchev–Trinajstić information content (AvgIpc) is 2.48. The predicted octanol–water partition coefficient (Wildman–Crippen LogP) is 2.96. The van der Waals surface area contributed by atoms with Gasteiger partial charge in [0, 0.05) is 25.2 Å². The molecular formula is C15H20Cl2N2O2. The van der Waals surface area contributed by atoms with Gasteiger partial charge in [-0.1, -0.05) is 23.2 Å².